The van der Waals surface area contributed by atoms with Crippen LogP contribution >= 0.6 is 31.9 Å². The molecule has 0 aromatic heterocycles. The van der Waals surface area contributed by atoms with E-state index in [1.54, 1.807) is 6.07 Å². The third kappa shape index (κ3) is 5.26. The Morgan fingerprint density at radius 2 is 1.63 bits per heavy atom. The van der Waals surface area contributed by atoms with Crippen molar-refractivity contribution in [1.82, 2.24) is 5.32 Å². The Bertz CT molecular complexity index is 1380. The zero-order valence-electron chi connectivity index (χ0n) is 18.4. The van der Waals surface area contributed by atoms with Crippen LogP contribution in [0, 0.1) is 0 Å². The van der Waals surface area contributed by atoms with Crippen molar-refractivity contribution in [3.63, 3.8) is 0 Å². The molecule has 0 bridgehead atoms. The smallest absolute Gasteiger partial charge is 0.337 e. The molecule has 9 heteroatoms. The Labute approximate surface area is 218 Å². The summed E-state index contributed by atoms with van der Waals surface area (Å²) in [6.45, 7) is 0. The van der Waals surface area contributed by atoms with E-state index in [0.717, 1.165) is 25.0 Å². The topological polar surface area (TPSA) is 92.8 Å². The molecule has 3 aromatic carbocycles. The Balaban J connectivity index is 1.61. The third-order valence-corrected chi connectivity index (χ3v) is 6.89. The van der Waals surface area contributed by atoms with Crippen LogP contribution in [-0.2, 0) is 20.7 Å². The quantitative estimate of drug-likeness (QED) is 0.246. The van der Waals surface area contributed by atoms with E-state index in [0.29, 0.717) is 12.0 Å². The van der Waals surface area contributed by atoms with Crippen LogP contribution in [0.4, 0.5) is 10.5 Å². The van der Waals surface area contributed by atoms with E-state index in [9.17, 15) is 19.2 Å². The van der Waals surface area contributed by atoms with Crippen LogP contribution in [0.1, 0.15) is 27.0 Å². The lowest BCUT2D eigenvalue weighted by Crippen LogP contribution is -2.54. The average molecular weight is 598 g/mol. The highest BCUT2D eigenvalue weighted by Gasteiger charge is 2.36. The molecular weight excluding hydrogens is 580 g/mol. The van der Waals surface area contributed by atoms with E-state index >= 15 is 0 Å². The van der Waals surface area contributed by atoms with Gasteiger partial charge in [0.1, 0.15) is 5.57 Å². The molecule has 1 aliphatic rings. The van der Waals surface area contributed by atoms with Gasteiger partial charge in [-0.15, -0.1) is 0 Å². The van der Waals surface area contributed by atoms with Gasteiger partial charge in [0.2, 0.25) is 0 Å². The first kappa shape index (κ1) is 24.6. The predicted molar refractivity (Wildman–Crippen MR) is 138 cm³/mol. The van der Waals surface area contributed by atoms with Gasteiger partial charge in [0, 0.05) is 8.95 Å². The van der Waals surface area contributed by atoms with E-state index in [2.05, 4.69) is 41.9 Å². The summed E-state index contributed by atoms with van der Waals surface area (Å²) < 4.78 is 6.48. The number of urea groups is 1. The van der Waals surface area contributed by atoms with Crippen molar-refractivity contribution in [2.75, 3.05) is 12.0 Å². The minimum atomic E-state index is -0.868. The zero-order chi connectivity index (χ0) is 25.1. The van der Waals surface area contributed by atoms with Gasteiger partial charge in [0.25, 0.3) is 11.8 Å². The first-order valence-corrected chi connectivity index (χ1v) is 12.0. The number of hydrogen-bond acceptors (Lipinski definition) is 5. The van der Waals surface area contributed by atoms with Crippen molar-refractivity contribution in [3.8, 4) is 0 Å². The molecule has 1 aliphatic heterocycles. The average Bonchev–Trinajstić information content (AvgIpc) is 2.84. The van der Waals surface area contributed by atoms with E-state index in [-0.39, 0.29) is 16.8 Å². The Morgan fingerprint density at radius 3 is 2.29 bits per heavy atom. The third-order valence-electron chi connectivity index (χ3n) is 5.38. The van der Waals surface area contributed by atoms with Gasteiger partial charge in [-0.2, -0.15) is 0 Å². The predicted octanol–water partition coefficient (Wildman–Crippen LogP) is 5.26. The fraction of sp³-hybridized carbons (Fsp3) is 0.0769. The van der Waals surface area contributed by atoms with Gasteiger partial charge < -0.3 is 4.74 Å². The molecule has 1 heterocycles. The van der Waals surface area contributed by atoms with Gasteiger partial charge in [0.05, 0.1) is 18.4 Å². The molecule has 4 amide bonds. The van der Waals surface area contributed by atoms with Gasteiger partial charge in [0.15, 0.2) is 0 Å². The first-order chi connectivity index (χ1) is 16.8. The summed E-state index contributed by atoms with van der Waals surface area (Å²) in [5.74, 6) is -2.09. The number of halogens is 2. The molecule has 1 fully saturated rings. The van der Waals surface area contributed by atoms with Crippen LogP contribution < -0.4 is 10.2 Å². The molecule has 0 aliphatic carbocycles. The number of carbonyl (C=O) groups is 4. The number of imide groups is 2. The van der Waals surface area contributed by atoms with Gasteiger partial charge in [-0.05, 0) is 65.6 Å². The maximum absolute atomic E-state index is 13.1. The lowest BCUT2D eigenvalue weighted by Gasteiger charge is -2.26. The molecule has 0 unspecified atom stereocenters. The van der Waals surface area contributed by atoms with Crippen molar-refractivity contribution >= 4 is 67.4 Å². The summed E-state index contributed by atoms with van der Waals surface area (Å²) in [5, 5.41) is 2.19. The highest BCUT2D eigenvalue weighted by Crippen LogP contribution is 2.27. The number of ether oxygens (including phenoxy) is 1. The molecule has 7 nitrogen and oxygen atoms in total. The van der Waals surface area contributed by atoms with Crippen LogP contribution in [0.25, 0.3) is 6.08 Å². The van der Waals surface area contributed by atoms with E-state index < -0.39 is 23.8 Å². The highest BCUT2D eigenvalue weighted by molar-refractivity contribution is 9.10. The van der Waals surface area contributed by atoms with Crippen LogP contribution in [-0.4, -0.2) is 30.9 Å². The summed E-state index contributed by atoms with van der Waals surface area (Å²) in [7, 11) is 1.26. The second-order valence-electron chi connectivity index (χ2n) is 7.62. The molecule has 0 spiro atoms. The van der Waals surface area contributed by atoms with Crippen molar-refractivity contribution in [2.24, 2.45) is 0 Å². The summed E-state index contributed by atoms with van der Waals surface area (Å²) >= 11 is 7.13. The normalized spacial score (nSPS) is 14.8. The second kappa shape index (κ2) is 10.4. The first-order valence-electron chi connectivity index (χ1n) is 10.4. The van der Waals surface area contributed by atoms with Crippen LogP contribution in [0.5, 0.6) is 0 Å². The Kier molecular flexibility index (Phi) is 7.28. The minimum Gasteiger partial charge on any atom is -0.465 e. The number of nitrogens with one attached hydrogen (secondary N) is 1. The van der Waals surface area contributed by atoms with E-state index in [1.165, 1.54) is 37.5 Å². The van der Waals surface area contributed by atoms with Crippen molar-refractivity contribution < 1.29 is 23.9 Å². The van der Waals surface area contributed by atoms with Crippen LogP contribution in [0.2, 0.25) is 0 Å². The number of methoxy groups -OCH3 is 1. The number of amides is 4. The Morgan fingerprint density at radius 1 is 0.943 bits per heavy atom. The molecule has 1 saturated heterocycles. The standard InChI is InChI=1S/C26H18Br2N2O5/c1-35-25(33)16-8-10-19(11-9-16)30-24(32)20(23(31)29-26(30)34)12-15-6-7-18(22(28)13-15)14-17-4-2-3-5-21(17)27/h2-13H,14H2,1H3,(H,29,31,34)/b20-12+. The fourth-order valence-corrected chi connectivity index (χ4v) is 4.53. The molecule has 3 aromatic rings. The number of esters is 1. The summed E-state index contributed by atoms with van der Waals surface area (Å²) in [6, 6.07) is 18.3. The fourth-order valence-electron chi connectivity index (χ4n) is 3.57. The van der Waals surface area contributed by atoms with Crippen molar-refractivity contribution in [2.45, 2.75) is 6.42 Å². The van der Waals surface area contributed by atoms with Crippen LogP contribution in [0.3, 0.4) is 0 Å². The molecule has 0 atom stereocenters. The van der Waals surface area contributed by atoms with Gasteiger partial charge in [-0.3, -0.25) is 14.9 Å². The molecule has 0 radical (unpaired) electrons. The van der Waals surface area contributed by atoms with E-state index in [4.69, 9.17) is 0 Å². The Hall–Kier alpha value is -3.56. The maximum Gasteiger partial charge on any atom is 0.337 e. The molecule has 1 N–H and O–H groups in total. The number of hydrogen-bond donors (Lipinski definition) is 1. The van der Waals surface area contributed by atoms with Crippen LogP contribution in [0.15, 0.2) is 81.2 Å². The highest BCUT2D eigenvalue weighted by atomic mass is 79.9. The lowest BCUT2D eigenvalue weighted by molar-refractivity contribution is -0.122. The van der Waals surface area contributed by atoms with Crippen molar-refractivity contribution in [3.05, 3.63) is 104 Å². The summed E-state index contributed by atoms with van der Waals surface area (Å²) in [6.07, 6.45) is 2.12. The molecule has 35 heavy (non-hydrogen) atoms. The number of anilines is 1. The molecular formula is C26H18Br2N2O5. The largest absolute Gasteiger partial charge is 0.465 e. The summed E-state index contributed by atoms with van der Waals surface area (Å²) in [4.78, 5) is 50.5. The number of nitrogens with zero attached hydrogens (tertiary/aromatic N) is 1. The lowest BCUT2D eigenvalue weighted by atomic mass is 10.0. The number of benzene rings is 3. The molecule has 0 saturated carbocycles. The SMILES string of the molecule is COC(=O)c1ccc(N2C(=O)NC(=O)/C(=C\c3ccc(Cc4ccccc4Br)c(Br)c3)C2=O)cc1. The van der Waals surface area contributed by atoms with E-state index in [1.807, 2.05) is 36.4 Å². The number of carbonyl (C=O) groups excluding carboxylic acids is 4. The number of rotatable bonds is 5. The van der Waals surface area contributed by atoms with Gasteiger partial charge in [-0.25, -0.2) is 14.5 Å². The van der Waals surface area contributed by atoms with Gasteiger partial charge >= 0.3 is 12.0 Å². The van der Waals surface area contributed by atoms with Gasteiger partial charge in [-0.1, -0.05) is 62.2 Å². The minimum absolute atomic E-state index is 0.188. The monoisotopic (exact) mass is 596 g/mol. The molecule has 4 rings (SSSR count). The zero-order valence-corrected chi connectivity index (χ0v) is 21.6. The molecule has 176 valence electrons. The number of barbiturate groups is 1. The summed E-state index contributed by atoms with van der Waals surface area (Å²) in [5.41, 5.74) is 3.05. The second-order valence-corrected chi connectivity index (χ2v) is 9.32. The maximum atomic E-state index is 13.1. The van der Waals surface area contributed by atoms with Crippen molar-refractivity contribution in [1.29, 1.82) is 0 Å².